The first-order chi connectivity index (χ1) is 9.69. The number of carbonyl (C=O) groups excluding carboxylic acids is 1. The minimum absolute atomic E-state index is 0. The molecule has 1 aromatic rings. The third-order valence-electron chi connectivity index (χ3n) is 3.70. The molecule has 1 aromatic carbocycles. The number of likely N-dealkylation sites (N-methyl/N-ethyl adjacent to an activating group) is 1. The zero-order valence-corrected chi connectivity index (χ0v) is 13.4. The summed E-state index contributed by atoms with van der Waals surface area (Å²) < 4.78 is 5.09. The molecule has 0 aromatic heterocycles. The van der Waals surface area contributed by atoms with Crippen molar-refractivity contribution in [2.45, 2.75) is 18.9 Å². The number of piperidine rings is 1. The van der Waals surface area contributed by atoms with Crippen molar-refractivity contribution < 1.29 is 9.53 Å². The van der Waals surface area contributed by atoms with Gasteiger partial charge in [0, 0.05) is 11.7 Å². The summed E-state index contributed by atoms with van der Waals surface area (Å²) in [6.07, 6.45) is 2.21. The molecule has 1 amide bonds. The van der Waals surface area contributed by atoms with Crippen LogP contribution in [-0.4, -0.2) is 50.6 Å². The van der Waals surface area contributed by atoms with Crippen molar-refractivity contribution in [1.29, 1.82) is 0 Å². The van der Waals surface area contributed by atoms with Crippen LogP contribution in [-0.2, 0) is 4.79 Å². The predicted molar refractivity (Wildman–Crippen MR) is 87.4 cm³/mol. The highest BCUT2D eigenvalue weighted by molar-refractivity contribution is 5.92. The minimum Gasteiger partial charge on any atom is -0.497 e. The van der Waals surface area contributed by atoms with E-state index in [0.29, 0.717) is 12.6 Å². The lowest BCUT2D eigenvalue weighted by Gasteiger charge is -2.31. The monoisotopic (exact) mass is 313 g/mol. The molecule has 0 atom stereocenters. The normalized spacial score (nSPS) is 15.4. The Morgan fingerprint density at radius 2 is 1.95 bits per heavy atom. The lowest BCUT2D eigenvalue weighted by Crippen LogP contribution is -2.44. The molecule has 0 aliphatic carbocycles. The average Bonchev–Trinajstić information content (AvgIpc) is 2.49. The summed E-state index contributed by atoms with van der Waals surface area (Å²) in [4.78, 5) is 14.2. The summed E-state index contributed by atoms with van der Waals surface area (Å²) in [5, 5.41) is 6.25. The number of ether oxygens (including phenoxy) is 1. The van der Waals surface area contributed by atoms with Gasteiger partial charge in [-0.05, 0) is 57.2 Å². The summed E-state index contributed by atoms with van der Waals surface area (Å²) in [6, 6.07) is 7.87. The van der Waals surface area contributed by atoms with Crippen LogP contribution in [0.15, 0.2) is 24.3 Å². The summed E-state index contributed by atoms with van der Waals surface area (Å²) in [5.41, 5.74) is 0.800. The Hall–Kier alpha value is -1.30. The van der Waals surface area contributed by atoms with E-state index < -0.39 is 0 Å². The van der Waals surface area contributed by atoms with Gasteiger partial charge in [-0.2, -0.15) is 0 Å². The molecular weight excluding hydrogens is 290 g/mol. The minimum atomic E-state index is 0. The van der Waals surface area contributed by atoms with Crippen LogP contribution in [0.3, 0.4) is 0 Å². The fourth-order valence-corrected chi connectivity index (χ4v) is 2.48. The van der Waals surface area contributed by atoms with Gasteiger partial charge >= 0.3 is 0 Å². The number of benzene rings is 1. The molecule has 1 saturated heterocycles. The van der Waals surface area contributed by atoms with E-state index in [0.717, 1.165) is 37.4 Å². The lowest BCUT2D eigenvalue weighted by molar-refractivity contribution is -0.117. The number of rotatable bonds is 5. The number of nitrogens with zero attached hydrogens (tertiary/aromatic N) is 1. The number of amides is 1. The van der Waals surface area contributed by atoms with E-state index in [1.165, 1.54) is 0 Å². The van der Waals surface area contributed by atoms with Crippen molar-refractivity contribution >= 4 is 24.0 Å². The van der Waals surface area contributed by atoms with Gasteiger partial charge in [-0.3, -0.25) is 9.69 Å². The van der Waals surface area contributed by atoms with Crippen LogP contribution in [0.4, 0.5) is 5.69 Å². The van der Waals surface area contributed by atoms with Crippen molar-refractivity contribution in [2.75, 3.05) is 39.1 Å². The second kappa shape index (κ2) is 8.87. The number of hydrogen-bond donors (Lipinski definition) is 2. The molecule has 0 radical (unpaired) electrons. The molecule has 0 spiro atoms. The van der Waals surface area contributed by atoms with E-state index in [1.807, 2.05) is 31.3 Å². The van der Waals surface area contributed by atoms with Crippen LogP contribution < -0.4 is 15.4 Å². The molecule has 5 nitrogen and oxygen atoms in total. The van der Waals surface area contributed by atoms with Crippen molar-refractivity contribution in [2.24, 2.45) is 0 Å². The van der Waals surface area contributed by atoms with Gasteiger partial charge in [0.25, 0.3) is 0 Å². The number of hydrogen-bond acceptors (Lipinski definition) is 4. The van der Waals surface area contributed by atoms with Crippen LogP contribution in [0.2, 0.25) is 0 Å². The molecule has 2 N–H and O–H groups in total. The molecule has 1 aliphatic heterocycles. The highest BCUT2D eigenvalue weighted by Crippen LogP contribution is 2.15. The largest absolute Gasteiger partial charge is 0.497 e. The van der Waals surface area contributed by atoms with E-state index in [1.54, 1.807) is 7.11 Å². The third kappa shape index (κ3) is 5.53. The van der Waals surface area contributed by atoms with E-state index in [9.17, 15) is 4.79 Å². The number of carbonyl (C=O) groups is 1. The van der Waals surface area contributed by atoms with E-state index in [4.69, 9.17) is 4.74 Å². The number of methoxy groups -OCH3 is 1. The zero-order valence-electron chi connectivity index (χ0n) is 12.6. The SMILES string of the molecule is COc1ccc(NC(=O)CN(C)C2CCNCC2)cc1.Cl. The maximum atomic E-state index is 12.0. The van der Waals surface area contributed by atoms with Gasteiger partial charge < -0.3 is 15.4 Å². The Kier molecular flexibility index (Phi) is 7.50. The van der Waals surface area contributed by atoms with Gasteiger partial charge in [0.05, 0.1) is 13.7 Å². The quantitative estimate of drug-likeness (QED) is 0.869. The van der Waals surface area contributed by atoms with Crippen LogP contribution in [0.25, 0.3) is 0 Å². The summed E-state index contributed by atoms with van der Waals surface area (Å²) >= 11 is 0. The zero-order chi connectivity index (χ0) is 14.4. The molecule has 0 bridgehead atoms. The van der Waals surface area contributed by atoms with Crippen LogP contribution >= 0.6 is 12.4 Å². The van der Waals surface area contributed by atoms with Crippen LogP contribution in [0.1, 0.15) is 12.8 Å². The van der Waals surface area contributed by atoms with E-state index >= 15 is 0 Å². The van der Waals surface area contributed by atoms with Gasteiger partial charge in [-0.25, -0.2) is 0 Å². The molecule has 118 valence electrons. The Bertz CT molecular complexity index is 433. The molecule has 0 unspecified atom stereocenters. The van der Waals surface area contributed by atoms with Gasteiger partial charge in [0.1, 0.15) is 5.75 Å². The number of nitrogens with one attached hydrogen (secondary N) is 2. The standard InChI is InChI=1S/C15H23N3O2.ClH/c1-18(13-7-9-16-10-8-13)11-15(19)17-12-3-5-14(20-2)6-4-12;/h3-6,13,16H,7-11H2,1-2H3,(H,17,19);1H. The van der Waals surface area contributed by atoms with Crippen molar-refractivity contribution in [3.63, 3.8) is 0 Å². The van der Waals surface area contributed by atoms with Gasteiger partial charge in [0.15, 0.2) is 0 Å². The maximum absolute atomic E-state index is 12.0. The Labute approximate surface area is 132 Å². The molecule has 6 heteroatoms. The first-order valence-corrected chi connectivity index (χ1v) is 7.04. The average molecular weight is 314 g/mol. The second-order valence-electron chi connectivity index (χ2n) is 5.17. The Morgan fingerprint density at radius 3 is 2.52 bits per heavy atom. The predicted octanol–water partition coefficient (Wildman–Crippen LogP) is 1.74. The van der Waals surface area contributed by atoms with Gasteiger partial charge in [0.2, 0.25) is 5.91 Å². The fourth-order valence-electron chi connectivity index (χ4n) is 2.48. The van der Waals surface area contributed by atoms with E-state index in [-0.39, 0.29) is 18.3 Å². The van der Waals surface area contributed by atoms with Crippen molar-refractivity contribution in [3.05, 3.63) is 24.3 Å². The van der Waals surface area contributed by atoms with Gasteiger partial charge in [-0.15, -0.1) is 12.4 Å². The van der Waals surface area contributed by atoms with Crippen LogP contribution in [0, 0.1) is 0 Å². The number of anilines is 1. The van der Waals surface area contributed by atoms with E-state index in [2.05, 4.69) is 15.5 Å². The highest BCUT2D eigenvalue weighted by Gasteiger charge is 2.19. The molecule has 21 heavy (non-hydrogen) atoms. The summed E-state index contributed by atoms with van der Waals surface area (Å²) in [6.45, 7) is 2.50. The molecule has 1 aliphatic rings. The summed E-state index contributed by atoms with van der Waals surface area (Å²) in [5.74, 6) is 0.811. The molecule has 1 heterocycles. The van der Waals surface area contributed by atoms with Crippen molar-refractivity contribution in [1.82, 2.24) is 10.2 Å². The third-order valence-corrected chi connectivity index (χ3v) is 3.70. The molecule has 1 fully saturated rings. The first kappa shape index (κ1) is 17.8. The van der Waals surface area contributed by atoms with Crippen molar-refractivity contribution in [3.8, 4) is 5.75 Å². The molecule has 2 rings (SSSR count). The first-order valence-electron chi connectivity index (χ1n) is 7.04. The van der Waals surface area contributed by atoms with Gasteiger partial charge in [-0.1, -0.05) is 0 Å². The molecular formula is C15H24ClN3O2. The molecule has 0 saturated carbocycles. The second-order valence-corrected chi connectivity index (χ2v) is 5.17. The highest BCUT2D eigenvalue weighted by atomic mass is 35.5. The Balaban J connectivity index is 0.00000220. The smallest absolute Gasteiger partial charge is 0.238 e. The maximum Gasteiger partial charge on any atom is 0.238 e. The topological polar surface area (TPSA) is 53.6 Å². The summed E-state index contributed by atoms with van der Waals surface area (Å²) in [7, 11) is 3.64. The van der Waals surface area contributed by atoms with Crippen LogP contribution in [0.5, 0.6) is 5.75 Å². The fraction of sp³-hybridized carbons (Fsp3) is 0.533. The number of halogens is 1. The lowest BCUT2D eigenvalue weighted by atomic mass is 10.1. The Morgan fingerprint density at radius 1 is 1.33 bits per heavy atom.